The van der Waals surface area contributed by atoms with Crippen molar-refractivity contribution in [3.8, 4) is 0 Å². The Morgan fingerprint density at radius 3 is 1.29 bits per heavy atom. The molecule has 0 atom stereocenters. The molecular weight excluding hydrogens is 302 g/mol. The summed E-state index contributed by atoms with van der Waals surface area (Å²) in [5.41, 5.74) is 0. The molecule has 0 aromatic rings. The third-order valence-corrected chi connectivity index (χ3v) is 0. The van der Waals surface area contributed by atoms with Gasteiger partial charge < -0.3 is 8.40 Å². The van der Waals surface area contributed by atoms with Crippen LogP contribution < -0.4 is 8.40 Å². The Balaban J connectivity index is -0.0000000150. The van der Waals surface area contributed by atoms with Gasteiger partial charge in [-0.3, -0.25) is 0 Å². The second-order valence-corrected chi connectivity index (χ2v) is 1.04. The van der Waals surface area contributed by atoms with Crippen molar-refractivity contribution < 1.29 is 27.4 Å². The van der Waals surface area contributed by atoms with Crippen LogP contribution >= 0.6 is 24.0 Å². The first-order chi connectivity index (χ1) is 1.73. The van der Waals surface area contributed by atoms with Crippen LogP contribution in [0.2, 0.25) is 0 Å². The molecule has 0 amide bonds. The van der Waals surface area contributed by atoms with Gasteiger partial charge >= 0.3 is 71.4 Å². The smallest absolute Gasteiger partial charge is 0.372 e. The Morgan fingerprint density at radius 2 is 1.29 bits per heavy atom. The maximum Gasteiger partial charge on any atom is 0.433 e. The van der Waals surface area contributed by atoms with Crippen molar-refractivity contribution in [2.45, 2.75) is 0 Å². The fourth-order valence-corrected chi connectivity index (χ4v) is 0. The summed E-state index contributed by atoms with van der Waals surface area (Å²) >= 11 is -3.40. The summed E-state index contributed by atoms with van der Waals surface area (Å²) in [4.78, 5) is 0. The van der Waals surface area contributed by atoms with Crippen molar-refractivity contribution in [1.29, 1.82) is 0 Å². The van der Waals surface area contributed by atoms with E-state index in [2.05, 4.69) is 0 Å². The molecule has 0 bridgehead atoms. The van der Waals surface area contributed by atoms with Gasteiger partial charge in [0.2, 0.25) is 0 Å². The van der Waals surface area contributed by atoms with Crippen LogP contribution in [-0.2, 0) is 0 Å². The average molecular weight is 307 g/mol. The minimum Gasteiger partial charge on any atom is -0.372 e. The van der Waals surface area contributed by atoms with Gasteiger partial charge in [0.25, 0.3) is 0 Å². The Morgan fingerprint density at radius 1 is 1.29 bits per heavy atom. The SMILES string of the molecule is I.[CaH2].[LiH].[O-][Br+2]([O-])O. The van der Waals surface area contributed by atoms with Gasteiger partial charge in [-0.05, 0) is 4.20 Å². The van der Waals surface area contributed by atoms with Gasteiger partial charge in [0.15, 0.2) is 0 Å². The first-order valence-electron chi connectivity index (χ1n) is 0.478. The molecule has 0 fully saturated rings. The van der Waals surface area contributed by atoms with E-state index in [-0.39, 0.29) is 80.6 Å². The van der Waals surface area contributed by atoms with E-state index in [4.69, 9.17) is 12.6 Å². The largest absolute Gasteiger partial charge is 0.433 e. The second kappa shape index (κ2) is 16.0. The molecule has 0 unspecified atom stereocenters. The van der Waals surface area contributed by atoms with Crippen molar-refractivity contribution in [2.75, 3.05) is 0 Å². The molecule has 0 aromatic carbocycles. The first-order valence-corrected chi connectivity index (χ1v) is 2.48. The first kappa shape index (κ1) is 22.5. The number of halogens is 2. The summed E-state index contributed by atoms with van der Waals surface area (Å²) in [5.74, 6) is 0. The standard InChI is InChI=1S/BrHO3.Ca.HI.Li.3H/c2-1(3)4;;;;;;/h2H;;1H;;;;. The van der Waals surface area contributed by atoms with Gasteiger partial charge in [-0.25, -0.2) is 0 Å². The molecule has 0 radical (unpaired) electrons. The van der Waals surface area contributed by atoms with E-state index < -0.39 is 14.8 Å². The molecule has 3 nitrogen and oxygen atoms in total. The Hall–Kier alpha value is 2.95. The van der Waals surface area contributed by atoms with E-state index in [1.807, 2.05) is 0 Å². The van der Waals surface area contributed by atoms with Crippen LogP contribution in [0.1, 0.15) is 0 Å². The number of hydrogen-bond donors (Lipinski definition) is 1. The van der Waals surface area contributed by atoms with Crippen LogP contribution in [0.25, 0.3) is 0 Å². The minimum absolute atomic E-state index is 0. The van der Waals surface area contributed by atoms with E-state index in [1.165, 1.54) is 0 Å². The van der Waals surface area contributed by atoms with E-state index in [1.54, 1.807) is 0 Å². The third-order valence-electron chi connectivity index (χ3n) is 0. The van der Waals surface area contributed by atoms with Gasteiger partial charge in [0.1, 0.15) is 0 Å². The fourth-order valence-electron chi connectivity index (χ4n) is 0. The van der Waals surface area contributed by atoms with Gasteiger partial charge in [0.05, 0.1) is 0 Å². The molecule has 0 aromatic heterocycles. The predicted octanol–water partition coefficient (Wildman–Crippen LogP) is -3.88. The summed E-state index contributed by atoms with van der Waals surface area (Å²) in [6.07, 6.45) is 0. The zero-order chi connectivity index (χ0) is 3.58. The Kier molecular flexibility index (Phi) is 51.4. The second-order valence-electron chi connectivity index (χ2n) is 0.201. The molecule has 7 heavy (non-hydrogen) atoms. The summed E-state index contributed by atoms with van der Waals surface area (Å²) in [5, 5.41) is 0. The maximum absolute atomic E-state index is 8.63. The van der Waals surface area contributed by atoms with Crippen LogP contribution in [0.4, 0.5) is 0 Å². The molecule has 7 heteroatoms. The van der Waals surface area contributed by atoms with Crippen molar-refractivity contribution in [3.05, 3.63) is 0 Å². The van der Waals surface area contributed by atoms with Gasteiger partial charge in [-0.15, -0.1) is 24.0 Å². The average Bonchev–Trinajstić information content (AvgIpc) is 0.811. The molecule has 0 saturated carbocycles. The fraction of sp³-hybridized carbons (Fsp3) is 0. The van der Waals surface area contributed by atoms with E-state index in [0.29, 0.717) is 0 Å². The molecule has 0 spiro atoms. The Labute approximate surface area is 106 Å². The minimum atomic E-state index is -3.40. The Bertz CT molecular complexity index is 19.7. The molecule has 0 heterocycles. The molecule has 1 N–H and O–H groups in total. The topological polar surface area (TPSA) is 66.3 Å². The summed E-state index contributed by atoms with van der Waals surface area (Å²) < 4.78 is 24.3. The summed E-state index contributed by atoms with van der Waals surface area (Å²) in [6, 6.07) is 0. The van der Waals surface area contributed by atoms with Crippen molar-refractivity contribution in [1.82, 2.24) is 0 Å². The van der Waals surface area contributed by atoms with E-state index in [0.717, 1.165) is 0 Å². The van der Waals surface area contributed by atoms with Crippen molar-refractivity contribution in [3.63, 3.8) is 0 Å². The van der Waals surface area contributed by atoms with Gasteiger partial charge in [-0.2, -0.15) is 0 Å². The summed E-state index contributed by atoms with van der Waals surface area (Å²) in [6.45, 7) is 0. The van der Waals surface area contributed by atoms with Gasteiger partial charge in [0, 0.05) is 0 Å². The molecule has 0 saturated heterocycles. The van der Waals surface area contributed by atoms with E-state index in [9.17, 15) is 0 Å². The number of hydrogen-bond acceptors (Lipinski definition) is 3. The zero-order valence-corrected chi connectivity index (χ0v) is 5.97. The molecule has 40 valence electrons. The monoisotopic (exact) mass is 306 g/mol. The number of rotatable bonds is 0. The molecule has 0 rings (SSSR count). The van der Waals surface area contributed by atoms with E-state index >= 15 is 0 Å². The maximum atomic E-state index is 8.63. The van der Waals surface area contributed by atoms with Crippen LogP contribution in [0.15, 0.2) is 0 Å². The normalized spacial score (nSPS) is 5.14. The molecule has 0 aliphatic rings. The van der Waals surface area contributed by atoms with Crippen LogP contribution in [0.5, 0.6) is 0 Å². The predicted molar refractivity (Wildman–Crippen MR) is 33.3 cm³/mol. The molecular formula is H5BrCaILiO3. The molecule has 0 aliphatic carbocycles. The molecule has 0 aliphatic heterocycles. The summed E-state index contributed by atoms with van der Waals surface area (Å²) in [7, 11) is 0. The van der Waals surface area contributed by atoms with Gasteiger partial charge in [-0.1, -0.05) is 0 Å². The van der Waals surface area contributed by atoms with Crippen molar-refractivity contribution >= 4 is 80.6 Å². The van der Waals surface area contributed by atoms with Crippen LogP contribution in [-0.4, -0.2) is 60.8 Å². The third kappa shape index (κ3) is 49.7. The van der Waals surface area contributed by atoms with Crippen LogP contribution in [0.3, 0.4) is 0 Å². The van der Waals surface area contributed by atoms with Crippen molar-refractivity contribution in [2.24, 2.45) is 0 Å². The quantitative estimate of drug-likeness (QED) is 0.368. The zero-order valence-electron chi connectivity index (χ0n) is 2.05. The van der Waals surface area contributed by atoms with Crippen LogP contribution in [0, 0.1) is 14.8 Å².